The highest BCUT2D eigenvalue weighted by Crippen LogP contribution is 2.58. The van der Waals surface area contributed by atoms with E-state index in [2.05, 4.69) is 22.4 Å². The number of aromatic nitrogens is 1. The summed E-state index contributed by atoms with van der Waals surface area (Å²) in [6, 6.07) is 14.1. The number of anilines is 1. The Morgan fingerprint density at radius 2 is 1.88 bits per heavy atom. The van der Waals surface area contributed by atoms with E-state index in [1.165, 1.54) is 5.57 Å². The fourth-order valence-electron chi connectivity index (χ4n) is 4.96. The van der Waals surface area contributed by atoms with Gasteiger partial charge in [-0.05, 0) is 52.5 Å². The first-order valence-corrected chi connectivity index (χ1v) is 9.02. The summed E-state index contributed by atoms with van der Waals surface area (Å²) in [4.78, 5) is 2.74. The lowest BCUT2D eigenvalue weighted by molar-refractivity contribution is 0.422. The van der Waals surface area contributed by atoms with Crippen molar-refractivity contribution in [3.63, 3.8) is 0 Å². The van der Waals surface area contributed by atoms with Gasteiger partial charge in [-0.2, -0.15) is 0 Å². The van der Waals surface area contributed by atoms with Crippen LogP contribution in [-0.2, 0) is 6.42 Å². The first-order chi connectivity index (χ1) is 12.6. The Bertz CT molecular complexity index is 1140. The summed E-state index contributed by atoms with van der Waals surface area (Å²) < 4.78 is 0. The first-order valence-electron chi connectivity index (χ1n) is 8.65. The van der Waals surface area contributed by atoms with E-state index in [9.17, 15) is 10.2 Å². The zero-order valence-electron chi connectivity index (χ0n) is 13.7. The average molecular weight is 363 g/mol. The standard InChI is InChI=1S/C21H15ClN2O2/c22-10-5-6-11-9(7-10)8-13-15(11)17-18(21(26)24-20(17)25)16-12-3-1-2-4-14(12)23-19(13)16/h1-7,16,19,23-26H,8H2. The molecule has 2 unspecified atom stereocenters. The van der Waals surface area contributed by atoms with Crippen molar-refractivity contribution in [1.82, 2.24) is 4.98 Å². The predicted molar refractivity (Wildman–Crippen MR) is 101 cm³/mol. The molecule has 128 valence electrons. The summed E-state index contributed by atoms with van der Waals surface area (Å²) in [5.41, 5.74) is 8.21. The molecule has 0 spiro atoms. The fourth-order valence-corrected chi connectivity index (χ4v) is 5.16. The molecule has 0 saturated carbocycles. The van der Waals surface area contributed by atoms with Gasteiger partial charge >= 0.3 is 0 Å². The average Bonchev–Trinajstić information content (AvgIpc) is 3.25. The molecule has 0 radical (unpaired) electrons. The lowest BCUT2D eigenvalue weighted by Gasteiger charge is -2.29. The quantitative estimate of drug-likeness (QED) is 0.480. The van der Waals surface area contributed by atoms with Crippen molar-refractivity contribution in [2.75, 3.05) is 5.32 Å². The van der Waals surface area contributed by atoms with Crippen LogP contribution >= 0.6 is 11.6 Å². The summed E-state index contributed by atoms with van der Waals surface area (Å²) in [6.45, 7) is 0. The van der Waals surface area contributed by atoms with Gasteiger partial charge in [-0.1, -0.05) is 35.9 Å². The van der Waals surface area contributed by atoms with Crippen molar-refractivity contribution in [2.45, 2.75) is 18.4 Å². The number of fused-ring (bicyclic) bond motifs is 9. The summed E-state index contributed by atoms with van der Waals surface area (Å²) in [5, 5.41) is 25.5. The maximum absolute atomic E-state index is 10.6. The van der Waals surface area contributed by atoms with Crippen LogP contribution in [0, 0.1) is 0 Å². The van der Waals surface area contributed by atoms with Gasteiger partial charge in [-0.25, -0.2) is 0 Å². The Balaban J connectivity index is 1.67. The molecule has 4 N–H and O–H groups in total. The number of aromatic hydroxyl groups is 2. The molecule has 0 fully saturated rings. The van der Waals surface area contributed by atoms with Crippen LogP contribution in [0.2, 0.25) is 5.02 Å². The van der Waals surface area contributed by atoms with Crippen molar-refractivity contribution in [3.05, 3.63) is 80.9 Å². The van der Waals surface area contributed by atoms with Crippen molar-refractivity contribution in [2.24, 2.45) is 0 Å². The van der Waals surface area contributed by atoms with Gasteiger partial charge in [0.25, 0.3) is 0 Å². The van der Waals surface area contributed by atoms with Crippen LogP contribution in [0.3, 0.4) is 0 Å². The maximum Gasteiger partial charge on any atom is 0.199 e. The summed E-state index contributed by atoms with van der Waals surface area (Å²) in [6.07, 6.45) is 0.790. The molecule has 1 aliphatic heterocycles. The van der Waals surface area contributed by atoms with Gasteiger partial charge in [-0.3, -0.25) is 4.98 Å². The molecule has 5 heteroatoms. The number of H-pyrrole nitrogens is 1. The van der Waals surface area contributed by atoms with Crippen LogP contribution in [0.4, 0.5) is 5.69 Å². The second-order valence-corrected chi connectivity index (χ2v) is 7.61. The highest BCUT2D eigenvalue weighted by molar-refractivity contribution is 6.30. The van der Waals surface area contributed by atoms with Gasteiger partial charge in [0.2, 0.25) is 0 Å². The molecule has 2 aromatic carbocycles. The van der Waals surface area contributed by atoms with E-state index >= 15 is 0 Å². The fraction of sp³-hybridized carbons (Fsp3) is 0.143. The van der Waals surface area contributed by atoms with E-state index in [-0.39, 0.29) is 23.7 Å². The molecule has 0 saturated heterocycles. The minimum atomic E-state index is -0.0260. The number of hydrogen-bond acceptors (Lipinski definition) is 3. The zero-order chi connectivity index (χ0) is 17.6. The molecule has 26 heavy (non-hydrogen) atoms. The molecule has 0 amide bonds. The Kier molecular flexibility index (Phi) is 2.56. The third-order valence-corrected chi connectivity index (χ3v) is 6.15. The minimum Gasteiger partial charge on any atom is -0.494 e. The largest absolute Gasteiger partial charge is 0.494 e. The maximum atomic E-state index is 10.6. The molecule has 2 aliphatic carbocycles. The first kappa shape index (κ1) is 14.3. The van der Waals surface area contributed by atoms with E-state index in [1.807, 2.05) is 30.3 Å². The highest BCUT2D eigenvalue weighted by Gasteiger charge is 2.47. The van der Waals surface area contributed by atoms with E-state index < -0.39 is 0 Å². The summed E-state index contributed by atoms with van der Waals surface area (Å²) >= 11 is 6.21. The Hall–Kier alpha value is -2.85. The molecule has 2 heterocycles. The second-order valence-electron chi connectivity index (χ2n) is 7.18. The molecular formula is C21H15ClN2O2. The van der Waals surface area contributed by atoms with Gasteiger partial charge < -0.3 is 15.5 Å². The van der Waals surface area contributed by atoms with Crippen LogP contribution < -0.4 is 5.32 Å². The van der Waals surface area contributed by atoms with Crippen molar-refractivity contribution >= 4 is 22.9 Å². The van der Waals surface area contributed by atoms with E-state index in [0.29, 0.717) is 5.02 Å². The van der Waals surface area contributed by atoms with Gasteiger partial charge in [-0.15, -0.1) is 0 Å². The number of aromatic amines is 1. The van der Waals surface area contributed by atoms with Crippen LogP contribution in [0.5, 0.6) is 11.8 Å². The topological polar surface area (TPSA) is 68.3 Å². The summed E-state index contributed by atoms with van der Waals surface area (Å²) in [7, 11) is 0. The van der Waals surface area contributed by atoms with Gasteiger partial charge in [0.05, 0.1) is 11.6 Å². The zero-order valence-corrected chi connectivity index (χ0v) is 14.4. The normalized spacial score (nSPS) is 21.6. The van der Waals surface area contributed by atoms with E-state index in [1.54, 1.807) is 0 Å². The minimum absolute atomic E-state index is 0.0237. The molecule has 6 rings (SSSR count). The molecular weight excluding hydrogens is 348 g/mol. The van der Waals surface area contributed by atoms with Crippen LogP contribution in [0.1, 0.15) is 33.7 Å². The number of para-hydroxylation sites is 1. The number of hydrogen-bond donors (Lipinski definition) is 4. The second kappa shape index (κ2) is 4.65. The number of benzene rings is 2. The van der Waals surface area contributed by atoms with Crippen molar-refractivity contribution in [1.29, 1.82) is 0 Å². The third kappa shape index (κ3) is 1.60. The molecule has 4 nitrogen and oxygen atoms in total. The lowest BCUT2D eigenvalue weighted by Crippen LogP contribution is -2.28. The van der Waals surface area contributed by atoms with Crippen LogP contribution in [0.15, 0.2) is 48.0 Å². The Morgan fingerprint density at radius 3 is 2.77 bits per heavy atom. The highest BCUT2D eigenvalue weighted by atomic mass is 35.5. The van der Waals surface area contributed by atoms with Crippen LogP contribution in [-0.4, -0.2) is 21.2 Å². The Morgan fingerprint density at radius 1 is 1.04 bits per heavy atom. The van der Waals surface area contributed by atoms with Crippen molar-refractivity contribution in [3.8, 4) is 11.8 Å². The molecule has 2 atom stereocenters. The van der Waals surface area contributed by atoms with Crippen molar-refractivity contribution < 1.29 is 10.2 Å². The van der Waals surface area contributed by atoms with Gasteiger partial charge in [0.15, 0.2) is 11.8 Å². The molecule has 0 bridgehead atoms. The number of rotatable bonds is 0. The SMILES string of the molecule is Oc1[nH]c(O)c2c1C1=C(Cc3cc(Cl)ccc31)C1Nc3ccccc3C21. The van der Waals surface area contributed by atoms with Crippen LogP contribution in [0.25, 0.3) is 5.57 Å². The number of nitrogens with one attached hydrogen (secondary N) is 2. The molecule has 3 aromatic rings. The van der Waals surface area contributed by atoms with E-state index in [4.69, 9.17) is 11.6 Å². The molecule has 1 aromatic heterocycles. The lowest BCUT2D eigenvalue weighted by atomic mass is 9.75. The van der Waals surface area contributed by atoms with Gasteiger partial charge in [0, 0.05) is 22.2 Å². The molecule has 3 aliphatic rings. The third-order valence-electron chi connectivity index (χ3n) is 5.91. The van der Waals surface area contributed by atoms with Gasteiger partial charge in [0.1, 0.15) is 0 Å². The number of halogens is 1. The van der Waals surface area contributed by atoms with E-state index in [0.717, 1.165) is 45.5 Å². The monoisotopic (exact) mass is 362 g/mol. The Labute approximate surface area is 154 Å². The summed E-state index contributed by atoms with van der Waals surface area (Å²) in [5.74, 6) is 0.0393. The predicted octanol–water partition coefficient (Wildman–Crippen LogP) is 4.38. The smallest absolute Gasteiger partial charge is 0.199 e.